The zero-order valence-corrected chi connectivity index (χ0v) is 18.4. The minimum atomic E-state index is -1.09. The van der Waals surface area contributed by atoms with E-state index in [9.17, 15) is 14.4 Å². The van der Waals surface area contributed by atoms with Gasteiger partial charge in [0.2, 0.25) is 0 Å². The highest BCUT2D eigenvalue weighted by Gasteiger charge is 2.44. The average Bonchev–Trinajstić information content (AvgIpc) is 2.73. The van der Waals surface area contributed by atoms with Crippen LogP contribution in [0.15, 0.2) is 36.4 Å². The summed E-state index contributed by atoms with van der Waals surface area (Å²) >= 11 is 0. The number of Topliss-reactive ketones (excluding diaryl/α,β-unsaturated/α-hetero) is 1. The number of ether oxygens (including phenoxy) is 2. The standard InChI is InChI=1S/C24H26N2O5/c1-6-25-17-12-16(8-10-19(17)30-13-21(25)27)22(28)15(3)26-18-11-14(2)7-9-20(18)31-24(4,5)23(26)29/h7-12,15H,6,13H2,1-5H3. The van der Waals surface area contributed by atoms with Gasteiger partial charge in [0, 0.05) is 12.1 Å². The van der Waals surface area contributed by atoms with Crippen LogP contribution in [0.3, 0.4) is 0 Å². The van der Waals surface area contributed by atoms with Crippen molar-refractivity contribution in [2.24, 2.45) is 0 Å². The molecule has 0 aromatic heterocycles. The van der Waals surface area contributed by atoms with Crippen molar-refractivity contribution in [3.05, 3.63) is 47.5 Å². The maximum atomic E-state index is 13.5. The third kappa shape index (κ3) is 3.44. The minimum Gasteiger partial charge on any atom is -0.482 e. The van der Waals surface area contributed by atoms with Gasteiger partial charge in [-0.3, -0.25) is 19.3 Å². The van der Waals surface area contributed by atoms with Gasteiger partial charge < -0.3 is 14.4 Å². The van der Waals surface area contributed by atoms with Gasteiger partial charge in [0.15, 0.2) is 18.0 Å². The SMILES string of the molecule is CCN1C(=O)COc2ccc(C(=O)C(C)N3C(=O)C(C)(C)Oc4ccc(C)cc43)cc21. The molecule has 0 N–H and O–H groups in total. The van der Waals surface area contributed by atoms with Crippen LogP contribution in [0.2, 0.25) is 0 Å². The molecule has 2 aliphatic rings. The first-order valence-corrected chi connectivity index (χ1v) is 10.4. The monoisotopic (exact) mass is 422 g/mol. The molecule has 31 heavy (non-hydrogen) atoms. The Balaban J connectivity index is 1.73. The Bertz CT molecular complexity index is 1090. The van der Waals surface area contributed by atoms with E-state index in [2.05, 4.69) is 0 Å². The first-order chi connectivity index (χ1) is 14.6. The molecule has 0 aliphatic carbocycles. The summed E-state index contributed by atoms with van der Waals surface area (Å²) in [6, 6.07) is 9.87. The number of amides is 2. The highest BCUT2D eigenvalue weighted by molar-refractivity contribution is 6.12. The number of anilines is 2. The van der Waals surface area contributed by atoms with Gasteiger partial charge in [0.05, 0.1) is 17.4 Å². The van der Waals surface area contributed by atoms with Gasteiger partial charge in [-0.15, -0.1) is 0 Å². The minimum absolute atomic E-state index is 0.0158. The molecule has 2 aliphatic heterocycles. The molecule has 0 bridgehead atoms. The van der Waals surface area contributed by atoms with Crippen molar-refractivity contribution < 1.29 is 23.9 Å². The second-order valence-electron chi connectivity index (χ2n) is 8.41. The lowest BCUT2D eigenvalue weighted by molar-refractivity contribution is -0.133. The number of carbonyl (C=O) groups excluding carboxylic acids is 3. The molecule has 2 heterocycles. The fourth-order valence-corrected chi connectivity index (χ4v) is 4.07. The molecule has 7 heteroatoms. The number of hydrogen-bond donors (Lipinski definition) is 0. The molecule has 2 aromatic rings. The normalized spacial score (nSPS) is 18.0. The van der Waals surface area contributed by atoms with E-state index in [-0.39, 0.29) is 24.2 Å². The van der Waals surface area contributed by atoms with E-state index in [0.29, 0.717) is 35.0 Å². The number of benzene rings is 2. The van der Waals surface area contributed by atoms with Crippen LogP contribution in [0.4, 0.5) is 11.4 Å². The average molecular weight is 422 g/mol. The number of rotatable bonds is 4. The summed E-state index contributed by atoms with van der Waals surface area (Å²) in [5, 5.41) is 0. The van der Waals surface area contributed by atoms with E-state index in [1.807, 2.05) is 32.0 Å². The number of fused-ring (bicyclic) bond motifs is 2. The number of nitrogens with zero attached hydrogens (tertiary/aromatic N) is 2. The first kappa shape index (κ1) is 20.9. The summed E-state index contributed by atoms with van der Waals surface area (Å²) < 4.78 is 11.4. The third-order valence-electron chi connectivity index (χ3n) is 5.74. The molecule has 0 saturated heterocycles. The Morgan fingerprint density at radius 1 is 1.10 bits per heavy atom. The van der Waals surface area contributed by atoms with Gasteiger partial charge in [-0.2, -0.15) is 0 Å². The fourth-order valence-electron chi connectivity index (χ4n) is 4.07. The lowest BCUT2D eigenvalue weighted by Gasteiger charge is -2.41. The van der Waals surface area contributed by atoms with Gasteiger partial charge in [-0.05, 0) is 70.5 Å². The molecule has 2 aromatic carbocycles. The summed E-state index contributed by atoms with van der Waals surface area (Å²) in [5.74, 6) is 0.474. The van der Waals surface area contributed by atoms with Crippen molar-refractivity contribution >= 4 is 29.0 Å². The Hall–Kier alpha value is -3.35. The van der Waals surface area contributed by atoms with Gasteiger partial charge in [0.1, 0.15) is 11.5 Å². The first-order valence-electron chi connectivity index (χ1n) is 10.4. The molecule has 0 saturated carbocycles. The summed E-state index contributed by atoms with van der Waals surface area (Å²) in [5.41, 5.74) is 1.43. The Kier molecular flexibility index (Phi) is 5.00. The summed E-state index contributed by atoms with van der Waals surface area (Å²) in [4.78, 5) is 42.0. The number of aryl methyl sites for hydroxylation is 1. The largest absolute Gasteiger partial charge is 0.482 e. The van der Waals surface area contributed by atoms with Crippen LogP contribution in [-0.4, -0.2) is 42.4 Å². The predicted molar refractivity (Wildman–Crippen MR) is 117 cm³/mol. The number of carbonyl (C=O) groups is 3. The molecule has 4 rings (SSSR count). The van der Waals surface area contributed by atoms with Crippen molar-refractivity contribution in [1.82, 2.24) is 0 Å². The van der Waals surface area contributed by atoms with Crippen molar-refractivity contribution in [2.45, 2.75) is 46.3 Å². The van der Waals surface area contributed by atoms with Crippen LogP contribution < -0.4 is 19.3 Å². The van der Waals surface area contributed by atoms with Crippen molar-refractivity contribution in [3.63, 3.8) is 0 Å². The number of likely N-dealkylation sites (N-methyl/N-ethyl adjacent to an activating group) is 1. The quantitative estimate of drug-likeness (QED) is 0.705. The van der Waals surface area contributed by atoms with Crippen molar-refractivity contribution in [1.29, 1.82) is 0 Å². The lowest BCUT2D eigenvalue weighted by atomic mass is 9.97. The molecule has 2 amide bonds. The van der Waals surface area contributed by atoms with Gasteiger partial charge in [0.25, 0.3) is 11.8 Å². The van der Waals surface area contributed by atoms with Crippen LogP contribution in [0.5, 0.6) is 11.5 Å². The van der Waals surface area contributed by atoms with Gasteiger partial charge in [-0.25, -0.2) is 0 Å². The van der Waals surface area contributed by atoms with Crippen LogP contribution >= 0.6 is 0 Å². The fraction of sp³-hybridized carbons (Fsp3) is 0.375. The summed E-state index contributed by atoms with van der Waals surface area (Å²) in [6.45, 7) is 9.37. The van der Waals surface area contributed by atoms with Crippen molar-refractivity contribution in [2.75, 3.05) is 23.0 Å². The van der Waals surface area contributed by atoms with E-state index in [1.165, 1.54) is 4.90 Å². The van der Waals surface area contributed by atoms with E-state index in [0.717, 1.165) is 5.56 Å². The predicted octanol–water partition coefficient (Wildman–Crippen LogP) is 3.52. The van der Waals surface area contributed by atoms with E-state index in [4.69, 9.17) is 9.47 Å². The maximum Gasteiger partial charge on any atom is 0.271 e. The zero-order chi connectivity index (χ0) is 22.5. The van der Waals surface area contributed by atoms with E-state index in [1.54, 1.807) is 43.9 Å². The third-order valence-corrected chi connectivity index (χ3v) is 5.74. The number of hydrogen-bond acceptors (Lipinski definition) is 5. The molecule has 1 atom stereocenters. The lowest BCUT2D eigenvalue weighted by Crippen LogP contribution is -2.57. The highest BCUT2D eigenvalue weighted by atomic mass is 16.5. The highest BCUT2D eigenvalue weighted by Crippen LogP contribution is 2.40. The van der Waals surface area contributed by atoms with Crippen molar-refractivity contribution in [3.8, 4) is 11.5 Å². The van der Waals surface area contributed by atoms with Gasteiger partial charge >= 0.3 is 0 Å². The Labute approximate surface area is 181 Å². The molecular formula is C24H26N2O5. The summed E-state index contributed by atoms with van der Waals surface area (Å²) in [7, 11) is 0. The smallest absolute Gasteiger partial charge is 0.271 e. The second kappa shape index (κ2) is 7.41. The van der Waals surface area contributed by atoms with E-state index >= 15 is 0 Å². The molecule has 0 radical (unpaired) electrons. The summed E-state index contributed by atoms with van der Waals surface area (Å²) in [6.07, 6.45) is 0. The number of ketones is 1. The maximum absolute atomic E-state index is 13.5. The molecule has 162 valence electrons. The van der Waals surface area contributed by atoms with Crippen LogP contribution in [0.25, 0.3) is 0 Å². The molecular weight excluding hydrogens is 396 g/mol. The van der Waals surface area contributed by atoms with Gasteiger partial charge in [-0.1, -0.05) is 6.07 Å². The Morgan fingerprint density at radius 2 is 1.81 bits per heavy atom. The van der Waals surface area contributed by atoms with E-state index < -0.39 is 11.6 Å². The Morgan fingerprint density at radius 3 is 2.52 bits per heavy atom. The van der Waals surface area contributed by atoms with Crippen LogP contribution in [0.1, 0.15) is 43.6 Å². The molecule has 0 spiro atoms. The second-order valence-corrected chi connectivity index (χ2v) is 8.41. The molecule has 7 nitrogen and oxygen atoms in total. The molecule has 1 unspecified atom stereocenters. The topological polar surface area (TPSA) is 76.2 Å². The van der Waals surface area contributed by atoms with Crippen LogP contribution in [-0.2, 0) is 9.59 Å². The zero-order valence-electron chi connectivity index (χ0n) is 18.4. The van der Waals surface area contributed by atoms with Crippen LogP contribution in [0, 0.1) is 6.92 Å². The molecule has 0 fully saturated rings.